The minimum Gasteiger partial charge on any atom is -0.291 e. The molecule has 0 spiro atoms. The van der Waals surface area contributed by atoms with E-state index in [1.807, 2.05) is 12.1 Å². The van der Waals surface area contributed by atoms with Crippen LogP contribution >= 0.6 is 11.8 Å². The number of carbonyl (C=O) groups excluding carboxylic acids is 1. The number of nitrogens with one attached hydrogen (secondary N) is 3. The number of benzene rings is 1. The second-order valence-corrected chi connectivity index (χ2v) is 5.03. The lowest BCUT2D eigenvalue weighted by Crippen LogP contribution is -2.12. The molecule has 3 aromatic rings. The van der Waals surface area contributed by atoms with Crippen molar-refractivity contribution in [2.75, 3.05) is 5.32 Å². The maximum absolute atomic E-state index is 11.9. The van der Waals surface area contributed by atoms with Gasteiger partial charge >= 0.3 is 0 Å². The number of thioether (sulfide) groups is 1. The molecule has 0 unspecified atom stereocenters. The fraction of sp³-hybridized carbons (Fsp3) is 0.0833. The number of hydrogen-bond acceptors (Lipinski definition) is 6. The predicted molar refractivity (Wildman–Crippen MR) is 76.7 cm³/mol. The third-order valence-electron chi connectivity index (χ3n) is 2.63. The van der Waals surface area contributed by atoms with Crippen LogP contribution in [0.15, 0.2) is 42.1 Å². The number of aromatic amines is 2. The monoisotopic (exact) mass is 301 g/mol. The smallest absolute Gasteiger partial charge is 0.258 e. The fourth-order valence-electron chi connectivity index (χ4n) is 1.61. The molecule has 0 atom stereocenters. The van der Waals surface area contributed by atoms with E-state index in [0.717, 1.165) is 16.5 Å². The molecule has 3 N–H and O–H groups in total. The van der Waals surface area contributed by atoms with Crippen LogP contribution in [0.3, 0.4) is 0 Å². The molecular formula is C12H11N7OS. The molecule has 8 nitrogen and oxygen atoms in total. The van der Waals surface area contributed by atoms with E-state index in [1.54, 1.807) is 23.9 Å². The Bertz CT molecular complexity index is 694. The zero-order chi connectivity index (χ0) is 14.5. The minimum absolute atomic E-state index is 0.235. The number of carbonyl (C=O) groups is 1. The zero-order valence-electron chi connectivity index (χ0n) is 10.8. The third kappa shape index (κ3) is 3.45. The van der Waals surface area contributed by atoms with Crippen molar-refractivity contribution in [3.8, 4) is 0 Å². The van der Waals surface area contributed by atoms with Gasteiger partial charge in [-0.3, -0.25) is 15.2 Å². The molecule has 2 aromatic heterocycles. The first kappa shape index (κ1) is 13.3. The van der Waals surface area contributed by atoms with Gasteiger partial charge in [0, 0.05) is 11.3 Å². The number of aromatic nitrogens is 6. The highest BCUT2D eigenvalue weighted by Crippen LogP contribution is 2.18. The molecule has 1 amide bonds. The summed E-state index contributed by atoms with van der Waals surface area (Å²) in [5, 5.41) is 16.2. The van der Waals surface area contributed by atoms with Gasteiger partial charge in [0.15, 0.2) is 5.16 Å². The van der Waals surface area contributed by atoms with Gasteiger partial charge in [-0.05, 0) is 17.7 Å². The minimum atomic E-state index is -0.235. The maximum Gasteiger partial charge on any atom is 0.258 e. The number of amides is 1. The summed E-state index contributed by atoms with van der Waals surface area (Å²) in [7, 11) is 0. The summed E-state index contributed by atoms with van der Waals surface area (Å²) in [5.41, 5.74) is 1.65. The summed E-state index contributed by atoms with van der Waals surface area (Å²) in [6.07, 6.45) is 2.80. The molecule has 21 heavy (non-hydrogen) atoms. The highest BCUT2D eigenvalue weighted by molar-refractivity contribution is 7.98. The lowest BCUT2D eigenvalue weighted by atomic mass is 10.1. The Morgan fingerprint density at radius 1 is 1.10 bits per heavy atom. The van der Waals surface area contributed by atoms with E-state index in [0.29, 0.717) is 11.5 Å². The largest absolute Gasteiger partial charge is 0.291 e. The van der Waals surface area contributed by atoms with Crippen molar-refractivity contribution in [1.82, 2.24) is 30.4 Å². The van der Waals surface area contributed by atoms with Crippen LogP contribution in [0.2, 0.25) is 0 Å². The van der Waals surface area contributed by atoms with Crippen LogP contribution in [-0.4, -0.2) is 36.3 Å². The van der Waals surface area contributed by atoms with Crippen LogP contribution < -0.4 is 5.32 Å². The average molecular weight is 301 g/mol. The van der Waals surface area contributed by atoms with Crippen molar-refractivity contribution in [3.05, 3.63) is 48.0 Å². The Morgan fingerprint density at radius 3 is 2.52 bits per heavy atom. The summed E-state index contributed by atoms with van der Waals surface area (Å²) >= 11 is 1.55. The van der Waals surface area contributed by atoms with Gasteiger partial charge in [0.2, 0.25) is 5.95 Å². The van der Waals surface area contributed by atoms with Gasteiger partial charge in [-0.15, -0.1) is 0 Å². The van der Waals surface area contributed by atoms with E-state index >= 15 is 0 Å². The Morgan fingerprint density at radius 2 is 1.86 bits per heavy atom. The van der Waals surface area contributed by atoms with Crippen LogP contribution in [-0.2, 0) is 5.75 Å². The fourth-order valence-corrected chi connectivity index (χ4v) is 2.35. The highest BCUT2D eigenvalue weighted by atomic mass is 32.2. The summed E-state index contributed by atoms with van der Waals surface area (Å²) in [6, 6.07) is 7.33. The normalized spacial score (nSPS) is 10.5. The van der Waals surface area contributed by atoms with Crippen molar-refractivity contribution in [1.29, 1.82) is 0 Å². The molecule has 0 aliphatic carbocycles. The van der Waals surface area contributed by atoms with Gasteiger partial charge in [0.25, 0.3) is 5.91 Å². The molecule has 0 fully saturated rings. The number of nitrogens with zero attached hydrogens (tertiary/aromatic N) is 4. The summed E-state index contributed by atoms with van der Waals surface area (Å²) in [5.74, 6) is 0.838. The SMILES string of the molecule is O=C(Nc1ncn[nH]1)c1ccc(CSc2ncn[nH]2)cc1. The quantitative estimate of drug-likeness (QED) is 0.615. The Balaban J connectivity index is 1.59. The first-order valence-electron chi connectivity index (χ1n) is 6.05. The topological polar surface area (TPSA) is 112 Å². The van der Waals surface area contributed by atoms with Crippen molar-refractivity contribution in [3.63, 3.8) is 0 Å². The Kier molecular flexibility index (Phi) is 3.92. The molecule has 0 saturated carbocycles. The standard InChI is InChI=1S/C12H11N7OS/c20-10(17-11-13-6-15-18-11)9-3-1-8(2-4-9)5-21-12-14-7-16-19-12/h1-4,6-7H,5H2,(H,14,16,19)(H2,13,15,17,18,20). The molecule has 9 heteroatoms. The predicted octanol–water partition coefficient (Wildman–Crippen LogP) is 1.47. The van der Waals surface area contributed by atoms with Crippen molar-refractivity contribution < 1.29 is 4.79 Å². The van der Waals surface area contributed by atoms with E-state index in [-0.39, 0.29) is 5.91 Å². The molecule has 3 rings (SSSR count). The second kappa shape index (κ2) is 6.18. The van der Waals surface area contributed by atoms with Gasteiger partial charge in [-0.2, -0.15) is 15.2 Å². The van der Waals surface area contributed by atoms with Gasteiger partial charge in [0.1, 0.15) is 12.7 Å². The first-order chi connectivity index (χ1) is 10.3. The third-order valence-corrected chi connectivity index (χ3v) is 3.58. The number of hydrogen-bond donors (Lipinski definition) is 3. The van der Waals surface area contributed by atoms with Gasteiger partial charge in [-0.1, -0.05) is 23.9 Å². The molecule has 0 aliphatic rings. The Labute approximate surface area is 123 Å². The zero-order valence-corrected chi connectivity index (χ0v) is 11.6. The van der Waals surface area contributed by atoms with E-state index < -0.39 is 0 Å². The van der Waals surface area contributed by atoms with E-state index in [9.17, 15) is 4.79 Å². The van der Waals surface area contributed by atoms with E-state index in [2.05, 4.69) is 35.7 Å². The molecule has 2 heterocycles. The molecule has 0 aliphatic heterocycles. The highest BCUT2D eigenvalue weighted by Gasteiger charge is 2.07. The average Bonchev–Trinajstić information content (AvgIpc) is 3.19. The van der Waals surface area contributed by atoms with Crippen LogP contribution in [0, 0.1) is 0 Å². The van der Waals surface area contributed by atoms with Crippen LogP contribution in [0.4, 0.5) is 5.95 Å². The molecule has 0 radical (unpaired) electrons. The number of rotatable bonds is 5. The van der Waals surface area contributed by atoms with Gasteiger partial charge in [-0.25, -0.2) is 10.1 Å². The molecule has 0 saturated heterocycles. The van der Waals surface area contributed by atoms with Crippen LogP contribution in [0.5, 0.6) is 0 Å². The van der Waals surface area contributed by atoms with E-state index in [4.69, 9.17) is 0 Å². The first-order valence-corrected chi connectivity index (χ1v) is 7.03. The van der Waals surface area contributed by atoms with Crippen molar-refractivity contribution in [2.24, 2.45) is 0 Å². The molecule has 1 aromatic carbocycles. The van der Waals surface area contributed by atoms with Gasteiger partial charge in [0.05, 0.1) is 0 Å². The van der Waals surface area contributed by atoms with E-state index in [1.165, 1.54) is 12.7 Å². The Hall–Kier alpha value is -2.68. The molecule has 0 bridgehead atoms. The molecular weight excluding hydrogens is 290 g/mol. The van der Waals surface area contributed by atoms with Gasteiger partial charge < -0.3 is 0 Å². The van der Waals surface area contributed by atoms with Crippen LogP contribution in [0.25, 0.3) is 0 Å². The number of H-pyrrole nitrogens is 2. The van der Waals surface area contributed by atoms with Crippen molar-refractivity contribution >= 4 is 23.6 Å². The maximum atomic E-state index is 11.9. The lowest BCUT2D eigenvalue weighted by molar-refractivity contribution is 0.102. The second-order valence-electron chi connectivity index (χ2n) is 4.06. The van der Waals surface area contributed by atoms with Crippen molar-refractivity contribution in [2.45, 2.75) is 10.9 Å². The molecule has 106 valence electrons. The van der Waals surface area contributed by atoms with Crippen LogP contribution in [0.1, 0.15) is 15.9 Å². The summed E-state index contributed by atoms with van der Waals surface area (Å²) < 4.78 is 0. The summed E-state index contributed by atoms with van der Waals surface area (Å²) in [6.45, 7) is 0. The lowest BCUT2D eigenvalue weighted by Gasteiger charge is -2.03. The summed E-state index contributed by atoms with van der Waals surface area (Å²) in [4.78, 5) is 19.8. The number of anilines is 1.